The molecule has 0 saturated heterocycles. The van der Waals surface area contributed by atoms with Crippen molar-refractivity contribution >= 4 is 5.69 Å². The average Bonchev–Trinajstić information content (AvgIpc) is 2.55. The van der Waals surface area contributed by atoms with Gasteiger partial charge in [-0.1, -0.05) is 12.1 Å². The zero-order valence-electron chi connectivity index (χ0n) is 11.9. The van der Waals surface area contributed by atoms with Crippen molar-refractivity contribution in [1.82, 2.24) is 19.9 Å². The standard InChI is InChI=1S/C16H15N5/c1-21(2)15-5-3-4-12(13-10-17-6-8-19-13)16(15)14-11-18-7-9-20-14/h3-11H,1-2H3. The van der Waals surface area contributed by atoms with Gasteiger partial charge in [0.25, 0.3) is 0 Å². The lowest BCUT2D eigenvalue weighted by molar-refractivity contribution is 1.12. The van der Waals surface area contributed by atoms with Gasteiger partial charge in [-0.2, -0.15) is 0 Å². The second-order valence-corrected chi connectivity index (χ2v) is 4.78. The highest BCUT2D eigenvalue weighted by Gasteiger charge is 2.15. The van der Waals surface area contributed by atoms with Crippen LogP contribution in [0.15, 0.2) is 55.4 Å². The summed E-state index contributed by atoms with van der Waals surface area (Å²) in [6, 6.07) is 6.10. The van der Waals surface area contributed by atoms with E-state index >= 15 is 0 Å². The van der Waals surface area contributed by atoms with Gasteiger partial charge in [-0.3, -0.25) is 19.9 Å². The maximum atomic E-state index is 4.44. The van der Waals surface area contributed by atoms with Crippen LogP contribution in [-0.4, -0.2) is 34.0 Å². The third-order valence-electron chi connectivity index (χ3n) is 3.18. The van der Waals surface area contributed by atoms with Crippen LogP contribution in [0.25, 0.3) is 22.5 Å². The molecule has 3 rings (SSSR count). The van der Waals surface area contributed by atoms with Gasteiger partial charge < -0.3 is 4.90 Å². The summed E-state index contributed by atoms with van der Waals surface area (Å²) in [6.45, 7) is 0. The highest BCUT2D eigenvalue weighted by atomic mass is 15.1. The summed E-state index contributed by atoms with van der Waals surface area (Å²) in [5, 5.41) is 0. The molecule has 2 aromatic heterocycles. The van der Waals surface area contributed by atoms with Crippen molar-refractivity contribution in [2.45, 2.75) is 0 Å². The molecule has 0 radical (unpaired) electrons. The van der Waals surface area contributed by atoms with E-state index in [1.54, 1.807) is 37.2 Å². The Morgan fingerprint density at radius 2 is 1.48 bits per heavy atom. The van der Waals surface area contributed by atoms with Crippen molar-refractivity contribution < 1.29 is 0 Å². The average molecular weight is 277 g/mol. The van der Waals surface area contributed by atoms with E-state index in [0.29, 0.717) is 0 Å². The Labute approximate surface area is 123 Å². The number of aromatic nitrogens is 4. The lowest BCUT2D eigenvalue weighted by atomic mass is 9.99. The lowest BCUT2D eigenvalue weighted by Gasteiger charge is -2.19. The van der Waals surface area contributed by atoms with E-state index in [2.05, 4.69) is 30.9 Å². The molecule has 0 unspecified atom stereocenters. The van der Waals surface area contributed by atoms with Crippen molar-refractivity contribution in [3.05, 3.63) is 55.4 Å². The topological polar surface area (TPSA) is 54.8 Å². The van der Waals surface area contributed by atoms with Gasteiger partial charge in [0.1, 0.15) is 0 Å². The van der Waals surface area contributed by atoms with Gasteiger partial charge in [-0.05, 0) is 6.07 Å². The van der Waals surface area contributed by atoms with Crippen LogP contribution in [0.4, 0.5) is 5.69 Å². The second-order valence-electron chi connectivity index (χ2n) is 4.78. The predicted molar refractivity (Wildman–Crippen MR) is 82.8 cm³/mol. The van der Waals surface area contributed by atoms with E-state index in [-0.39, 0.29) is 0 Å². The first-order valence-corrected chi connectivity index (χ1v) is 6.60. The third kappa shape index (κ3) is 2.58. The first kappa shape index (κ1) is 13.2. The minimum absolute atomic E-state index is 0.821. The molecule has 0 N–H and O–H groups in total. The van der Waals surface area contributed by atoms with Crippen LogP contribution in [0.1, 0.15) is 0 Å². The van der Waals surface area contributed by atoms with E-state index < -0.39 is 0 Å². The Morgan fingerprint density at radius 3 is 2.05 bits per heavy atom. The molecule has 0 atom stereocenters. The van der Waals surface area contributed by atoms with Crippen LogP contribution in [0, 0.1) is 0 Å². The maximum absolute atomic E-state index is 4.44. The molecule has 2 heterocycles. The number of benzene rings is 1. The van der Waals surface area contributed by atoms with Crippen LogP contribution < -0.4 is 4.90 Å². The van der Waals surface area contributed by atoms with Crippen molar-refractivity contribution in [2.75, 3.05) is 19.0 Å². The van der Waals surface area contributed by atoms with E-state index in [4.69, 9.17) is 0 Å². The maximum Gasteiger partial charge on any atom is 0.0912 e. The fourth-order valence-corrected chi connectivity index (χ4v) is 2.26. The van der Waals surface area contributed by atoms with Crippen LogP contribution >= 0.6 is 0 Å². The Hall–Kier alpha value is -2.82. The smallest absolute Gasteiger partial charge is 0.0912 e. The summed E-state index contributed by atoms with van der Waals surface area (Å²) in [7, 11) is 4.02. The first-order chi connectivity index (χ1) is 10.3. The monoisotopic (exact) mass is 277 g/mol. The number of hydrogen-bond acceptors (Lipinski definition) is 5. The molecule has 0 spiro atoms. The molecule has 104 valence electrons. The van der Waals surface area contributed by atoms with Crippen LogP contribution in [-0.2, 0) is 0 Å². The SMILES string of the molecule is CN(C)c1cccc(-c2cnccn2)c1-c1cnccn1. The molecule has 0 amide bonds. The second kappa shape index (κ2) is 5.66. The summed E-state index contributed by atoms with van der Waals surface area (Å²) in [4.78, 5) is 19.2. The molecule has 1 aromatic carbocycles. The number of hydrogen-bond donors (Lipinski definition) is 0. The predicted octanol–water partition coefficient (Wildman–Crippen LogP) is 2.67. The molecule has 0 saturated carbocycles. The highest BCUT2D eigenvalue weighted by Crippen LogP contribution is 2.36. The molecular weight excluding hydrogens is 262 g/mol. The van der Waals surface area contributed by atoms with Gasteiger partial charge in [0.05, 0.1) is 23.8 Å². The summed E-state index contributed by atoms with van der Waals surface area (Å²) in [6.07, 6.45) is 10.3. The van der Waals surface area contributed by atoms with E-state index in [0.717, 1.165) is 28.2 Å². The van der Waals surface area contributed by atoms with Crippen molar-refractivity contribution in [1.29, 1.82) is 0 Å². The highest BCUT2D eigenvalue weighted by molar-refractivity contribution is 5.89. The van der Waals surface area contributed by atoms with Gasteiger partial charge in [-0.25, -0.2) is 0 Å². The molecule has 3 aromatic rings. The summed E-state index contributed by atoms with van der Waals surface area (Å²) >= 11 is 0. The molecule has 0 aliphatic heterocycles. The van der Waals surface area contributed by atoms with Crippen LogP contribution in [0.5, 0.6) is 0 Å². The Bertz CT molecular complexity index is 726. The molecule has 0 aliphatic rings. The minimum atomic E-state index is 0.821. The fourth-order valence-electron chi connectivity index (χ4n) is 2.26. The zero-order valence-corrected chi connectivity index (χ0v) is 11.9. The summed E-state index contributed by atoms with van der Waals surface area (Å²) in [5.41, 5.74) is 4.72. The van der Waals surface area contributed by atoms with Crippen LogP contribution in [0.3, 0.4) is 0 Å². The zero-order chi connectivity index (χ0) is 14.7. The molecule has 21 heavy (non-hydrogen) atoms. The largest absolute Gasteiger partial charge is 0.377 e. The Balaban J connectivity index is 2.28. The van der Waals surface area contributed by atoms with Gasteiger partial charge in [0, 0.05) is 55.7 Å². The Kier molecular flexibility index (Phi) is 3.55. The van der Waals surface area contributed by atoms with Crippen molar-refractivity contribution in [3.63, 3.8) is 0 Å². The van der Waals surface area contributed by atoms with Gasteiger partial charge in [0.2, 0.25) is 0 Å². The van der Waals surface area contributed by atoms with E-state index in [1.165, 1.54) is 0 Å². The number of anilines is 1. The number of nitrogens with zero attached hydrogens (tertiary/aromatic N) is 5. The van der Waals surface area contributed by atoms with Crippen molar-refractivity contribution in [3.8, 4) is 22.5 Å². The molecular formula is C16H15N5. The minimum Gasteiger partial charge on any atom is -0.377 e. The van der Waals surface area contributed by atoms with E-state index in [1.807, 2.05) is 26.2 Å². The third-order valence-corrected chi connectivity index (χ3v) is 3.18. The van der Waals surface area contributed by atoms with Crippen LogP contribution in [0.2, 0.25) is 0 Å². The number of rotatable bonds is 3. The van der Waals surface area contributed by atoms with Gasteiger partial charge in [0.15, 0.2) is 0 Å². The quantitative estimate of drug-likeness (QED) is 0.736. The molecule has 5 nitrogen and oxygen atoms in total. The van der Waals surface area contributed by atoms with E-state index in [9.17, 15) is 0 Å². The normalized spacial score (nSPS) is 10.4. The molecule has 5 heteroatoms. The molecule has 0 fully saturated rings. The fraction of sp³-hybridized carbons (Fsp3) is 0.125. The van der Waals surface area contributed by atoms with Crippen molar-refractivity contribution in [2.24, 2.45) is 0 Å². The summed E-state index contributed by atoms with van der Waals surface area (Å²) in [5.74, 6) is 0. The molecule has 0 aliphatic carbocycles. The first-order valence-electron chi connectivity index (χ1n) is 6.60. The lowest BCUT2D eigenvalue weighted by Crippen LogP contribution is -2.11. The van der Waals surface area contributed by atoms with Gasteiger partial charge >= 0.3 is 0 Å². The summed E-state index contributed by atoms with van der Waals surface area (Å²) < 4.78 is 0. The van der Waals surface area contributed by atoms with Gasteiger partial charge in [-0.15, -0.1) is 0 Å². The Morgan fingerprint density at radius 1 is 0.810 bits per heavy atom. The molecule has 0 bridgehead atoms.